The van der Waals surface area contributed by atoms with Crippen molar-refractivity contribution in [2.45, 2.75) is 45.7 Å². The molecule has 2 heterocycles. The zero-order valence-corrected chi connectivity index (χ0v) is 15.8. The molecular weight excluding hydrogens is 373 g/mol. The van der Waals surface area contributed by atoms with Gasteiger partial charge in [-0.1, -0.05) is 17.7 Å². The third kappa shape index (κ3) is 4.47. The number of carboxylic acids is 1. The van der Waals surface area contributed by atoms with Crippen LogP contribution in [0.25, 0.3) is 0 Å². The Hall–Kier alpha value is -2.41. The first kappa shape index (κ1) is 19.4. The Morgan fingerprint density at radius 2 is 2.11 bits per heavy atom. The third-order valence-electron chi connectivity index (χ3n) is 4.81. The predicted octanol–water partition coefficient (Wildman–Crippen LogP) is 3.17. The van der Waals surface area contributed by atoms with Crippen molar-refractivity contribution in [2.24, 2.45) is 0 Å². The van der Waals surface area contributed by atoms with Crippen molar-refractivity contribution >= 4 is 23.5 Å². The largest absolute Gasteiger partial charge is 0.481 e. The van der Waals surface area contributed by atoms with E-state index in [4.69, 9.17) is 16.7 Å². The molecule has 8 heteroatoms. The SMILES string of the molecule is Cc1nn(Cc2ccc(Cl)cc2F)c2c1CCN(C(=O)CCCC(=O)O)C2. The lowest BCUT2D eigenvalue weighted by Gasteiger charge is -2.28. The number of benzene rings is 1. The second kappa shape index (κ2) is 8.08. The summed E-state index contributed by atoms with van der Waals surface area (Å²) in [4.78, 5) is 24.7. The Morgan fingerprint density at radius 1 is 1.33 bits per heavy atom. The topological polar surface area (TPSA) is 75.4 Å². The first-order chi connectivity index (χ1) is 12.8. The van der Waals surface area contributed by atoms with E-state index in [9.17, 15) is 14.0 Å². The Labute approximate surface area is 161 Å². The zero-order chi connectivity index (χ0) is 19.6. The van der Waals surface area contributed by atoms with Crippen molar-refractivity contribution in [3.8, 4) is 0 Å². The van der Waals surface area contributed by atoms with Gasteiger partial charge in [0.2, 0.25) is 5.91 Å². The molecule has 0 aliphatic carbocycles. The number of rotatable bonds is 6. The molecule has 6 nitrogen and oxygen atoms in total. The van der Waals surface area contributed by atoms with Gasteiger partial charge in [0, 0.05) is 30.0 Å². The molecule has 0 spiro atoms. The lowest BCUT2D eigenvalue weighted by Crippen LogP contribution is -2.36. The highest BCUT2D eigenvalue weighted by molar-refractivity contribution is 6.30. The summed E-state index contributed by atoms with van der Waals surface area (Å²) in [6.07, 6.45) is 1.21. The number of aryl methyl sites for hydroxylation is 1. The molecule has 27 heavy (non-hydrogen) atoms. The first-order valence-electron chi connectivity index (χ1n) is 8.84. The molecule has 1 N–H and O–H groups in total. The number of halogens is 2. The van der Waals surface area contributed by atoms with Crippen molar-refractivity contribution in [3.63, 3.8) is 0 Å². The van der Waals surface area contributed by atoms with E-state index in [1.54, 1.807) is 21.7 Å². The van der Waals surface area contributed by atoms with E-state index in [1.165, 1.54) is 6.07 Å². The highest BCUT2D eigenvalue weighted by Gasteiger charge is 2.26. The van der Waals surface area contributed by atoms with Crippen LogP contribution in [0, 0.1) is 12.7 Å². The van der Waals surface area contributed by atoms with E-state index in [0.29, 0.717) is 36.5 Å². The van der Waals surface area contributed by atoms with Gasteiger partial charge in [-0.15, -0.1) is 0 Å². The third-order valence-corrected chi connectivity index (χ3v) is 5.04. The van der Waals surface area contributed by atoms with E-state index < -0.39 is 5.97 Å². The molecule has 0 atom stereocenters. The van der Waals surface area contributed by atoms with Gasteiger partial charge in [0.25, 0.3) is 0 Å². The van der Waals surface area contributed by atoms with Gasteiger partial charge < -0.3 is 10.0 Å². The number of carboxylic acid groups (broad SMARTS) is 1. The van der Waals surface area contributed by atoms with Gasteiger partial charge in [-0.25, -0.2) is 4.39 Å². The van der Waals surface area contributed by atoms with Gasteiger partial charge in [-0.3, -0.25) is 14.3 Å². The summed E-state index contributed by atoms with van der Waals surface area (Å²) in [5, 5.41) is 13.6. The molecule has 1 aliphatic rings. The fourth-order valence-electron chi connectivity index (χ4n) is 3.38. The van der Waals surface area contributed by atoms with Gasteiger partial charge in [0.05, 0.1) is 24.5 Å². The van der Waals surface area contributed by atoms with Gasteiger partial charge in [0.15, 0.2) is 0 Å². The Balaban J connectivity index is 1.75. The zero-order valence-electron chi connectivity index (χ0n) is 15.0. The number of aliphatic carboxylic acids is 1. The Kier molecular flexibility index (Phi) is 5.79. The molecule has 1 aromatic heterocycles. The monoisotopic (exact) mass is 393 g/mol. The quantitative estimate of drug-likeness (QED) is 0.817. The average molecular weight is 394 g/mol. The summed E-state index contributed by atoms with van der Waals surface area (Å²) in [6, 6.07) is 4.55. The maximum Gasteiger partial charge on any atom is 0.303 e. The van der Waals surface area contributed by atoms with Crippen LogP contribution in [-0.4, -0.2) is 38.2 Å². The van der Waals surface area contributed by atoms with Gasteiger partial charge >= 0.3 is 5.97 Å². The molecule has 0 saturated carbocycles. The number of carbonyl (C=O) groups is 2. The van der Waals surface area contributed by atoms with Crippen molar-refractivity contribution in [3.05, 3.63) is 51.6 Å². The predicted molar refractivity (Wildman–Crippen MR) is 98.1 cm³/mol. The number of carbonyl (C=O) groups excluding carboxylic acids is 1. The number of hydrogen-bond donors (Lipinski definition) is 1. The summed E-state index contributed by atoms with van der Waals surface area (Å²) in [7, 11) is 0. The molecular formula is C19H21ClFN3O3. The summed E-state index contributed by atoms with van der Waals surface area (Å²) in [5.41, 5.74) is 3.37. The first-order valence-corrected chi connectivity index (χ1v) is 9.21. The number of amides is 1. The number of nitrogens with zero attached hydrogens (tertiary/aromatic N) is 3. The van der Waals surface area contributed by atoms with Crippen LogP contribution < -0.4 is 0 Å². The fourth-order valence-corrected chi connectivity index (χ4v) is 3.54. The smallest absolute Gasteiger partial charge is 0.303 e. The molecule has 0 unspecified atom stereocenters. The Bertz CT molecular complexity index is 881. The minimum Gasteiger partial charge on any atom is -0.481 e. The van der Waals surface area contributed by atoms with E-state index in [-0.39, 0.29) is 31.1 Å². The van der Waals surface area contributed by atoms with Crippen LogP contribution in [0.3, 0.4) is 0 Å². The molecule has 1 amide bonds. The van der Waals surface area contributed by atoms with Crippen LogP contribution in [-0.2, 0) is 29.1 Å². The average Bonchev–Trinajstić information content (AvgIpc) is 2.92. The van der Waals surface area contributed by atoms with Crippen LogP contribution in [0.2, 0.25) is 5.02 Å². The van der Waals surface area contributed by atoms with E-state index in [1.807, 2.05) is 6.92 Å². The Morgan fingerprint density at radius 3 is 2.81 bits per heavy atom. The molecule has 0 radical (unpaired) electrons. The maximum atomic E-state index is 14.1. The number of hydrogen-bond acceptors (Lipinski definition) is 3. The van der Waals surface area contributed by atoms with Gasteiger partial charge in [-0.05, 0) is 37.5 Å². The highest BCUT2D eigenvalue weighted by atomic mass is 35.5. The molecule has 0 fully saturated rings. The van der Waals surface area contributed by atoms with E-state index in [2.05, 4.69) is 5.10 Å². The lowest BCUT2D eigenvalue weighted by molar-refractivity contribution is -0.137. The summed E-state index contributed by atoms with van der Waals surface area (Å²) in [5.74, 6) is -1.35. The number of fused-ring (bicyclic) bond motifs is 1. The highest BCUT2D eigenvalue weighted by Crippen LogP contribution is 2.24. The molecule has 0 bridgehead atoms. The summed E-state index contributed by atoms with van der Waals surface area (Å²) >= 11 is 5.81. The second-order valence-corrected chi connectivity index (χ2v) is 7.15. The van der Waals surface area contributed by atoms with Gasteiger partial charge in [-0.2, -0.15) is 5.10 Å². The summed E-state index contributed by atoms with van der Waals surface area (Å²) < 4.78 is 15.9. The molecule has 2 aromatic rings. The molecule has 144 valence electrons. The van der Waals surface area contributed by atoms with E-state index >= 15 is 0 Å². The summed E-state index contributed by atoms with van der Waals surface area (Å²) in [6.45, 7) is 3.16. The minimum atomic E-state index is -0.901. The number of aromatic nitrogens is 2. The van der Waals surface area contributed by atoms with Crippen LogP contribution in [0.1, 0.15) is 41.8 Å². The van der Waals surface area contributed by atoms with Crippen molar-refractivity contribution in [1.82, 2.24) is 14.7 Å². The van der Waals surface area contributed by atoms with Crippen LogP contribution in [0.4, 0.5) is 4.39 Å². The van der Waals surface area contributed by atoms with Crippen LogP contribution in [0.5, 0.6) is 0 Å². The minimum absolute atomic E-state index is 0.0162. The molecule has 3 rings (SSSR count). The maximum absolute atomic E-state index is 14.1. The molecule has 0 saturated heterocycles. The van der Waals surface area contributed by atoms with Gasteiger partial charge in [0.1, 0.15) is 5.82 Å². The second-order valence-electron chi connectivity index (χ2n) is 6.72. The molecule has 1 aliphatic heterocycles. The fraction of sp³-hybridized carbons (Fsp3) is 0.421. The normalized spacial score (nSPS) is 13.5. The van der Waals surface area contributed by atoms with Crippen molar-refractivity contribution in [1.29, 1.82) is 0 Å². The standard InChI is InChI=1S/C19H21ClFN3O3/c1-12-15-7-8-23(18(25)3-2-4-19(26)27)11-17(15)24(22-12)10-13-5-6-14(20)9-16(13)21/h5-6,9H,2-4,7-8,10-11H2,1H3,(H,26,27). The lowest BCUT2D eigenvalue weighted by atomic mass is 10.0. The van der Waals surface area contributed by atoms with Crippen LogP contribution >= 0.6 is 11.6 Å². The van der Waals surface area contributed by atoms with Crippen molar-refractivity contribution < 1.29 is 19.1 Å². The van der Waals surface area contributed by atoms with Crippen LogP contribution in [0.15, 0.2) is 18.2 Å². The van der Waals surface area contributed by atoms with E-state index in [0.717, 1.165) is 17.0 Å². The van der Waals surface area contributed by atoms with Crippen molar-refractivity contribution in [2.75, 3.05) is 6.54 Å². The molecule has 1 aromatic carbocycles.